The zero-order chi connectivity index (χ0) is 14.4. The largest absolute Gasteiger partial charge is 0.493 e. The Morgan fingerprint density at radius 2 is 1.75 bits per heavy atom. The summed E-state index contributed by atoms with van der Waals surface area (Å²) in [6.45, 7) is 1.16. The number of nitrogens with one attached hydrogen (secondary N) is 1. The standard InChI is InChI=1S/C15H15Cl2NO2/c1-19-14-4-2-3-5-15(14)20-9-8-18-11-6-7-12(16)13(17)10-11/h2-7,10,18H,8-9H2,1H3. The molecule has 0 fully saturated rings. The van der Waals surface area contributed by atoms with Crippen LogP contribution in [0.15, 0.2) is 42.5 Å². The zero-order valence-corrected chi connectivity index (χ0v) is 12.5. The molecule has 3 nitrogen and oxygen atoms in total. The lowest BCUT2D eigenvalue weighted by Gasteiger charge is -2.11. The van der Waals surface area contributed by atoms with Gasteiger partial charge in [-0.2, -0.15) is 0 Å². The van der Waals surface area contributed by atoms with Crippen molar-refractivity contribution in [1.29, 1.82) is 0 Å². The number of methoxy groups -OCH3 is 1. The van der Waals surface area contributed by atoms with E-state index in [0.717, 1.165) is 17.2 Å². The van der Waals surface area contributed by atoms with Crippen molar-refractivity contribution in [3.8, 4) is 11.5 Å². The van der Waals surface area contributed by atoms with Crippen LogP contribution >= 0.6 is 23.2 Å². The van der Waals surface area contributed by atoms with E-state index in [1.165, 1.54) is 0 Å². The topological polar surface area (TPSA) is 30.5 Å². The molecule has 0 aliphatic rings. The Morgan fingerprint density at radius 1 is 1.00 bits per heavy atom. The summed E-state index contributed by atoms with van der Waals surface area (Å²) in [6.07, 6.45) is 0. The summed E-state index contributed by atoms with van der Waals surface area (Å²) in [5.74, 6) is 1.45. The van der Waals surface area contributed by atoms with Crippen molar-refractivity contribution in [3.63, 3.8) is 0 Å². The average molecular weight is 312 g/mol. The molecule has 106 valence electrons. The Balaban J connectivity index is 1.83. The minimum atomic E-state index is 0.515. The molecule has 0 bridgehead atoms. The second kappa shape index (κ2) is 7.27. The third kappa shape index (κ3) is 3.95. The summed E-state index contributed by atoms with van der Waals surface area (Å²) in [6, 6.07) is 13.0. The number of para-hydroxylation sites is 2. The minimum absolute atomic E-state index is 0.515. The highest BCUT2D eigenvalue weighted by Gasteiger charge is 2.02. The SMILES string of the molecule is COc1ccccc1OCCNc1ccc(Cl)c(Cl)c1. The van der Waals surface area contributed by atoms with Crippen LogP contribution < -0.4 is 14.8 Å². The molecule has 0 heterocycles. The van der Waals surface area contributed by atoms with E-state index in [4.69, 9.17) is 32.7 Å². The molecule has 0 amide bonds. The molecule has 0 atom stereocenters. The van der Waals surface area contributed by atoms with Gasteiger partial charge in [0.15, 0.2) is 11.5 Å². The summed E-state index contributed by atoms with van der Waals surface area (Å²) in [4.78, 5) is 0. The molecule has 0 spiro atoms. The van der Waals surface area contributed by atoms with Gasteiger partial charge in [-0.25, -0.2) is 0 Å². The van der Waals surface area contributed by atoms with E-state index < -0.39 is 0 Å². The summed E-state index contributed by atoms with van der Waals surface area (Å²) < 4.78 is 10.9. The van der Waals surface area contributed by atoms with E-state index in [1.807, 2.05) is 30.3 Å². The van der Waals surface area contributed by atoms with Crippen molar-refractivity contribution < 1.29 is 9.47 Å². The van der Waals surface area contributed by atoms with Crippen LogP contribution in [0.4, 0.5) is 5.69 Å². The van der Waals surface area contributed by atoms with Crippen LogP contribution in [0.5, 0.6) is 11.5 Å². The molecule has 5 heteroatoms. The number of hydrogen-bond acceptors (Lipinski definition) is 3. The fourth-order valence-electron chi connectivity index (χ4n) is 1.70. The number of anilines is 1. The summed E-state index contributed by atoms with van der Waals surface area (Å²) in [5.41, 5.74) is 0.906. The Hall–Kier alpha value is -1.58. The first-order chi connectivity index (χ1) is 9.70. The van der Waals surface area contributed by atoms with Gasteiger partial charge in [0.2, 0.25) is 0 Å². The molecule has 0 unspecified atom stereocenters. The van der Waals surface area contributed by atoms with E-state index in [2.05, 4.69) is 5.32 Å². The van der Waals surface area contributed by atoms with E-state index in [9.17, 15) is 0 Å². The molecule has 1 N–H and O–H groups in total. The predicted molar refractivity (Wildman–Crippen MR) is 83.4 cm³/mol. The molecule has 2 aromatic carbocycles. The molecule has 0 saturated carbocycles. The lowest BCUT2D eigenvalue weighted by Crippen LogP contribution is -2.11. The van der Waals surface area contributed by atoms with Crippen molar-refractivity contribution in [2.75, 3.05) is 25.6 Å². The van der Waals surface area contributed by atoms with E-state index in [-0.39, 0.29) is 0 Å². The molecule has 0 aliphatic heterocycles. The minimum Gasteiger partial charge on any atom is -0.493 e. The number of benzene rings is 2. The van der Waals surface area contributed by atoms with Gasteiger partial charge in [-0.15, -0.1) is 0 Å². The second-order valence-corrected chi connectivity index (χ2v) is 4.87. The molecule has 2 rings (SSSR count). The fraction of sp³-hybridized carbons (Fsp3) is 0.200. The summed E-state index contributed by atoms with van der Waals surface area (Å²) >= 11 is 11.8. The van der Waals surface area contributed by atoms with Gasteiger partial charge < -0.3 is 14.8 Å². The quantitative estimate of drug-likeness (QED) is 0.797. The zero-order valence-electron chi connectivity index (χ0n) is 11.0. The van der Waals surface area contributed by atoms with Gasteiger partial charge in [-0.1, -0.05) is 35.3 Å². The fourth-order valence-corrected chi connectivity index (χ4v) is 2.00. The van der Waals surface area contributed by atoms with Gasteiger partial charge in [-0.3, -0.25) is 0 Å². The van der Waals surface area contributed by atoms with Gasteiger partial charge >= 0.3 is 0 Å². The van der Waals surface area contributed by atoms with Gasteiger partial charge in [0.25, 0.3) is 0 Å². The van der Waals surface area contributed by atoms with Crippen molar-refractivity contribution >= 4 is 28.9 Å². The lowest BCUT2D eigenvalue weighted by molar-refractivity contribution is 0.306. The van der Waals surface area contributed by atoms with Gasteiger partial charge in [0, 0.05) is 12.2 Å². The van der Waals surface area contributed by atoms with Crippen molar-refractivity contribution in [2.45, 2.75) is 0 Å². The van der Waals surface area contributed by atoms with E-state index in [0.29, 0.717) is 23.2 Å². The van der Waals surface area contributed by atoms with E-state index >= 15 is 0 Å². The smallest absolute Gasteiger partial charge is 0.161 e. The first kappa shape index (κ1) is 14.8. The van der Waals surface area contributed by atoms with Crippen molar-refractivity contribution in [3.05, 3.63) is 52.5 Å². The average Bonchev–Trinajstić information content (AvgIpc) is 2.47. The maximum atomic E-state index is 5.94. The third-order valence-corrected chi connectivity index (χ3v) is 3.42. The number of hydrogen-bond donors (Lipinski definition) is 1. The van der Waals surface area contributed by atoms with Crippen LogP contribution in [0.25, 0.3) is 0 Å². The monoisotopic (exact) mass is 311 g/mol. The van der Waals surface area contributed by atoms with Gasteiger partial charge in [0.05, 0.1) is 17.2 Å². The Labute approximate surface area is 128 Å². The van der Waals surface area contributed by atoms with Crippen LogP contribution in [-0.2, 0) is 0 Å². The number of halogens is 2. The Kier molecular flexibility index (Phi) is 5.39. The first-order valence-electron chi connectivity index (χ1n) is 6.15. The van der Waals surface area contributed by atoms with Crippen molar-refractivity contribution in [1.82, 2.24) is 0 Å². The molecule has 0 aromatic heterocycles. The molecule has 20 heavy (non-hydrogen) atoms. The lowest BCUT2D eigenvalue weighted by atomic mass is 10.3. The second-order valence-electron chi connectivity index (χ2n) is 4.05. The maximum Gasteiger partial charge on any atom is 0.161 e. The normalized spacial score (nSPS) is 10.2. The molecule has 0 aliphatic carbocycles. The summed E-state index contributed by atoms with van der Waals surface area (Å²) in [5, 5.41) is 4.29. The highest BCUT2D eigenvalue weighted by Crippen LogP contribution is 2.26. The third-order valence-electron chi connectivity index (χ3n) is 2.68. The highest BCUT2D eigenvalue weighted by atomic mass is 35.5. The number of ether oxygens (including phenoxy) is 2. The van der Waals surface area contributed by atoms with Crippen LogP contribution in [0.2, 0.25) is 10.0 Å². The highest BCUT2D eigenvalue weighted by molar-refractivity contribution is 6.42. The molecular formula is C15H15Cl2NO2. The van der Waals surface area contributed by atoms with Crippen LogP contribution in [-0.4, -0.2) is 20.3 Å². The number of rotatable bonds is 6. The molecule has 0 radical (unpaired) electrons. The Morgan fingerprint density at radius 3 is 2.45 bits per heavy atom. The van der Waals surface area contributed by atoms with Gasteiger partial charge in [0.1, 0.15) is 6.61 Å². The van der Waals surface area contributed by atoms with Crippen LogP contribution in [0, 0.1) is 0 Å². The van der Waals surface area contributed by atoms with Crippen LogP contribution in [0.1, 0.15) is 0 Å². The van der Waals surface area contributed by atoms with E-state index in [1.54, 1.807) is 19.2 Å². The van der Waals surface area contributed by atoms with Gasteiger partial charge in [-0.05, 0) is 30.3 Å². The first-order valence-corrected chi connectivity index (χ1v) is 6.91. The van der Waals surface area contributed by atoms with Crippen LogP contribution in [0.3, 0.4) is 0 Å². The molecule has 2 aromatic rings. The molecule has 0 saturated heterocycles. The van der Waals surface area contributed by atoms with Crippen molar-refractivity contribution in [2.24, 2.45) is 0 Å². The predicted octanol–water partition coefficient (Wildman–Crippen LogP) is 4.49. The Bertz CT molecular complexity index is 576. The summed E-state index contributed by atoms with van der Waals surface area (Å²) in [7, 11) is 1.62. The maximum absolute atomic E-state index is 5.94. The molecular weight excluding hydrogens is 297 g/mol.